The maximum absolute atomic E-state index is 10.1. The Morgan fingerprint density at radius 3 is 2.50 bits per heavy atom. The number of hydrogen-bond acceptors (Lipinski definition) is 1. The van der Waals surface area contributed by atoms with Gasteiger partial charge in [0.25, 0.3) is 0 Å². The Kier molecular flexibility index (Phi) is 3.50. The summed E-state index contributed by atoms with van der Waals surface area (Å²) in [5.74, 6) is 0.466. The first-order chi connectivity index (χ1) is 4.48. The van der Waals surface area contributed by atoms with E-state index in [2.05, 4.69) is 5.32 Å². The van der Waals surface area contributed by atoms with E-state index in [-0.39, 0.29) is 0 Å². The number of halogens is 1. The third-order valence-electron chi connectivity index (χ3n) is 1.16. The van der Waals surface area contributed by atoms with Crippen molar-refractivity contribution in [3.05, 3.63) is 0 Å². The number of nitrogens with one attached hydrogen (secondary N) is 1. The van der Waals surface area contributed by atoms with E-state index >= 15 is 0 Å². The Morgan fingerprint density at radius 2 is 2.20 bits per heavy atom. The molecule has 60 valence electrons. The van der Waals surface area contributed by atoms with Crippen LogP contribution in [0.1, 0.15) is 20.3 Å². The molecule has 0 aromatic rings. The van der Waals surface area contributed by atoms with Gasteiger partial charge in [0.15, 0.2) is 0 Å². The molecule has 0 heterocycles. The summed E-state index contributed by atoms with van der Waals surface area (Å²) in [4.78, 5) is 10.1. The molecule has 0 atom stereocenters. The van der Waals surface area contributed by atoms with Gasteiger partial charge in [0.2, 0.25) is 0 Å². The highest BCUT2D eigenvalue weighted by Gasteiger charge is 2.18. The highest BCUT2D eigenvalue weighted by molar-refractivity contribution is 6.17. The minimum absolute atomic E-state index is 0.409. The molecule has 0 bridgehead atoms. The summed E-state index contributed by atoms with van der Waals surface area (Å²) in [5, 5.41) is 10.7. The van der Waals surface area contributed by atoms with Crippen molar-refractivity contribution in [2.24, 2.45) is 0 Å². The summed E-state index contributed by atoms with van der Waals surface area (Å²) in [6.45, 7) is 3.59. The van der Waals surface area contributed by atoms with Gasteiger partial charge in [0.05, 0.1) is 0 Å². The van der Waals surface area contributed by atoms with Crippen molar-refractivity contribution in [3.8, 4) is 0 Å². The molecule has 0 aliphatic rings. The average Bonchev–Trinajstić information content (AvgIpc) is 1.59. The normalized spacial score (nSPS) is 11.1. The van der Waals surface area contributed by atoms with Crippen molar-refractivity contribution >= 4 is 17.7 Å². The molecule has 0 aromatic heterocycles. The Bertz CT molecular complexity index is 125. The zero-order valence-corrected chi connectivity index (χ0v) is 6.90. The smallest absolute Gasteiger partial charge is 0.405 e. The molecule has 0 rings (SSSR count). The van der Waals surface area contributed by atoms with Crippen LogP contribution in [0.3, 0.4) is 0 Å². The summed E-state index contributed by atoms with van der Waals surface area (Å²) in [5.41, 5.74) is -0.409. The van der Waals surface area contributed by atoms with E-state index in [1.807, 2.05) is 0 Å². The molecule has 0 fully saturated rings. The van der Waals surface area contributed by atoms with Crippen LogP contribution in [0.5, 0.6) is 0 Å². The lowest BCUT2D eigenvalue weighted by Crippen LogP contribution is -2.42. The van der Waals surface area contributed by atoms with Crippen LogP contribution in [0.4, 0.5) is 4.79 Å². The van der Waals surface area contributed by atoms with E-state index < -0.39 is 11.6 Å². The van der Waals surface area contributed by atoms with Gasteiger partial charge in [-0.2, -0.15) is 0 Å². The second-order valence-electron chi connectivity index (χ2n) is 2.75. The number of alkyl halides is 1. The van der Waals surface area contributed by atoms with E-state index in [9.17, 15) is 4.79 Å². The van der Waals surface area contributed by atoms with Crippen LogP contribution in [0.15, 0.2) is 0 Å². The zero-order valence-electron chi connectivity index (χ0n) is 6.15. The topological polar surface area (TPSA) is 49.3 Å². The molecule has 4 heteroatoms. The Hall–Kier alpha value is -0.440. The largest absolute Gasteiger partial charge is 0.465 e. The molecule has 0 unspecified atom stereocenters. The summed E-state index contributed by atoms with van der Waals surface area (Å²) in [6.07, 6.45) is -0.365. The second kappa shape index (κ2) is 3.66. The fourth-order valence-corrected chi connectivity index (χ4v) is 1.06. The van der Waals surface area contributed by atoms with Gasteiger partial charge < -0.3 is 10.4 Å². The molecule has 0 aromatic carbocycles. The first-order valence-electron chi connectivity index (χ1n) is 3.05. The van der Waals surface area contributed by atoms with Crippen LogP contribution in [0, 0.1) is 0 Å². The molecule has 2 N–H and O–H groups in total. The first kappa shape index (κ1) is 9.56. The standard InChI is InChI=1S/C6H12ClNO2/c1-6(2,3-4-7)8-5(9)10/h8H,3-4H2,1-2H3,(H,9,10). The molecule has 10 heavy (non-hydrogen) atoms. The summed E-state index contributed by atoms with van der Waals surface area (Å²) < 4.78 is 0. The van der Waals surface area contributed by atoms with Crippen molar-refractivity contribution in [1.29, 1.82) is 0 Å². The lowest BCUT2D eigenvalue weighted by molar-refractivity contribution is 0.181. The van der Waals surface area contributed by atoms with E-state index in [0.29, 0.717) is 12.3 Å². The Balaban J connectivity index is 3.74. The van der Waals surface area contributed by atoms with Crippen LogP contribution in [0.2, 0.25) is 0 Å². The monoisotopic (exact) mass is 165 g/mol. The average molecular weight is 166 g/mol. The van der Waals surface area contributed by atoms with Gasteiger partial charge in [-0.05, 0) is 20.3 Å². The van der Waals surface area contributed by atoms with E-state index in [1.165, 1.54) is 0 Å². The predicted octanol–water partition coefficient (Wildman–Crippen LogP) is 1.66. The van der Waals surface area contributed by atoms with Crippen molar-refractivity contribution < 1.29 is 9.90 Å². The van der Waals surface area contributed by atoms with E-state index in [0.717, 1.165) is 0 Å². The summed E-state index contributed by atoms with van der Waals surface area (Å²) >= 11 is 5.44. The number of hydrogen-bond donors (Lipinski definition) is 2. The quantitative estimate of drug-likeness (QED) is 0.625. The molecular formula is C6H12ClNO2. The lowest BCUT2D eigenvalue weighted by atomic mass is 10.0. The molecule has 0 saturated carbocycles. The number of amides is 1. The fourth-order valence-electron chi connectivity index (χ4n) is 0.588. The minimum atomic E-state index is -1.00. The SMILES string of the molecule is CC(C)(CCCl)NC(=O)O. The predicted molar refractivity (Wildman–Crippen MR) is 40.6 cm³/mol. The molecular weight excluding hydrogens is 154 g/mol. The van der Waals surface area contributed by atoms with Gasteiger partial charge in [0, 0.05) is 11.4 Å². The fraction of sp³-hybridized carbons (Fsp3) is 0.833. The number of rotatable bonds is 3. The summed E-state index contributed by atoms with van der Waals surface area (Å²) in [6, 6.07) is 0. The molecule has 1 amide bonds. The van der Waals surface area contributed by atoms with Crippen LogP contribution in [-0.2, 0) is 0 Å². The van der Waals surface area contributed by atoms with Crippen molar-refractivity contribution in [3.63, 3.8) is 0 Å². The molecule has 0 aliphatic heterocycles. The van der Waals surface area contributed by atoms with Gasteiger partial charge in [-0.25, -0.2) is 4.79 Å². The third kappa shape index (κ3) is 4.44. The molecule has 0 aliphatic carbocycles. The molecule has 0 spiro atoms. The first-order valence-corrected chi connectivity index (χ1v) is 3.58. The Morgan fingerprint density at radius 1 is 1.70 bits per heavy atom. The summed E-state index contributed by atoms with van der Waals surface area (Å²) in [7, 11) is 0. The highest BCUT2D eigenvalue weighted by atomic mass is 35.5. The molecule has 3 nitrogen and oxygen atoms in total. The second-order valence-corrected chi connectivity index (χ2v) is 3.13. The van der Waals surface area contributed by atoms with Crippen LogP contribution >= 0.6 is 11.6 Å². The lowest BCUT2D eigenvalue weighted by Gasteiger charge is -2.22. The van der Waals surface area contributed by atoms with Crippen LogP contribution in [-0.4, -0.2) is 22.6 Å². The molecule has 0 saturated heterocycles. The van der Waals surface area contributed by atoms with Crippen LogP contribution in [0.25, 0.3) is 0 Å². The van der Waals surface area contributed by atoms with Gasteiger partial charge in [0.1, 0.15) is 0 Å². The van der Waals surface area contributed by atoms with Crippen molar-refractivity contribution in [2.75, 3.05) is 5.88 Å². The maximum Gasteiger partial charge on any atom is 0.405 e. The molecule has 0 radical (unpaired) electrons. The van der Waals surface area contributed by atoms with Gasteiger partial charge in [-0.3, -0.25) is 0 Å². The van der Waals surface area contributed by atoms with Gasteiger partial charge in [-0.15, -0.1) is 11.6 Å². The van der Waals surface area contributed by atoms with E-state index in [4.69, 9.17) is 16.7 Å². The third-order valence-corrected chi connectivity index (χ3v) is 1.35. The number of carbonyl (C=O) groups is 1. The van der Waals surface area contributed by atoms with Crippen LogP contribution < -0.4 is 5.32 Å². The highest BCUT2D eigenvalue weighted by Crippen LogP contribution is 2.08. The minimum Gasteiger partial charge on any atom is -0.465 e. The Labute approximate surface area is 65.4 Å². The van der Waals surface area contributed by atoms with Crippen molar-refractivity contribution in [1.82, 2.24) is 5.32 Å². The van der Waals surface area contributed by atoms with Crippen molar-refractivity contribution in [2.45, 2.75) is 25.8 Å². The number of carboxylic acid groups (broad SMARTS) is 1. The maximum atomic E-state index is 10.1. The van der Waals surface area contributed by atoms with Gasteiger partial charge >= 0.3 is 6.09 Å². The van der Waals surface area contributed by atoms with E-state index in [1.54, 1.807) is 13.8 Å². The zero-order chi connectivity index (χ0) is 8.20. The van der Waals surface area contributed by atoms with Gasteiger partial charge in [-0.1, -0.05) is 0 Å².